The maximum Gasteiger partial charge on any atom is 0.108 e. The normalized spacial score (nSPS) is 12.5. The minimum atomic E-state index is -0.929. The SMILES string of the molecule is CCCc1nccn1CC[S@](=O)c1ccccc1. The highest BCUT2D eigenvalue weighted by Gasteiger charge is 2.06. The summed E-state index contributed by atoms with van der Waals surface area (Å²) in [5.74, 6) is 1.72. The van der Waals surface area contributed by atoms with Gasteiger partial charge < -0.3 is 4.57 Å². The standard InChI is InChI=1S/C14H18N2OS/c1-2-6-14-15-9-10-16(14)11-12-18(17)13-7-4-3-5-8-13/h3-5,7-10H,2,6,11-12H2,1H3/t18-/m0/s1. The van der Waals surface area contributed by atoms with Crippen molar-refractivity contribution >= 4 is 10.8 Å². The second-order valence-electron chi connectivity index (χ2n) is 4.15. The summed E-state index contributed by atoms with van der Waals surface area (Å²) < 4.78 is 14.2. The Labute approximate surface area is 110 Å². The quantitative estimate of drug-likeness (QED) is 0.802. The molecule has 0 radical (unpaired) electrons. The van der Waals surface area contributed by atoms with Crippen molar-refractivity contribution in [3.8, 4) is 0 Å². The van der Waals surface area contributed by atoms with E-state index in [4.69, 9.17) is 0 Å². The molecule has 1 aromatic carbocycles. The zero-order chi connectivity index (χ0) is 12.8. The van der Waals surface area contributed by atoms with Crippen LogP contribution in [0, 0.1) is 0 Å². The molecule has 96 valence electrons. The zero-order valence-corrected chi connectivity index (χ0v) is 11.4. The molecule has 0 N–H and O–H groups in total. The highest BCUT2D eigenvalue weighted by molar-refractivity contribution is 7.85. The van der Waals surface area contributed by atoms with Crippen LogP contribution in [0.1, 0.15) is 19.2 Å². The monoisotopic (exact) mass is 262 g/mol. The summed E-state index contributed by atoms with van der Waals surface area (Å²) in [4.78, 5) is 5.22. The third kappa shape index (κ3) is 3.29. The van der Waals surface area contributed by atoms with Gasteiger partial charge in [-0.1, -0.05) is 25.1 Å². The van der Waals surface area contributed by atoms with Crippen molar-refractivity contribution in [2.24, 2.45) is 0 Å². The van der Waals surface area contributed by atoms with Crippen molar-refractivity contribution in [3.05, 3.63) is 48.5 Å². The lowest BCUT2D eigenvalue weighted by Gasteiger charge is -2.07. The summed E-state index contributed by atoms with van der Waals surface area (Å²) >= 11 is 0. The first-order chi connectivity index (χ1) is 8.81. The summed E-state index contributed by atoms with van der Waals surface area (Å²) in [6.07, 6.45) is 5.84. The van der Waals surface area contributed by atoms with Gasteiger partial charge in [-0.15, -0.1) is 0 Å². The van der Waals surface area contributed by atoms with E-state index in [9.17, 15) is 4.21 Å². The van der Waals surface area contributed by atoms with Gasteiger partial charge in [0.25, 0.3) is 0 Å². The van der Waals surface area contributed by atoms with Gasteiger partial charge in [0.05, 0.1) is 10.8 Å². The maximum atomic E-state index is 12.1. The van der Waals surface area contributed by atoms with Crippen LogP contribution in [0.25, 0.3) is 0 Å². The number of hydrogen-bond donors (Lipinski definition) is 0. The van der Waals surface area contributed by atoms with Crippen molar-refractivity contribution in [1.82, 2.24) is 9.55 Å². The lowest BCUT2D eigenvalue weighted by molar-refractivity contribution is 0.659. The van der Waals surface area contributed by atoms with Crippen LogP contribution >= 0.6 is 0 Å². The second kappa shape index (κ2) is 6.50. The molecule has 0 aliphatic heterocycles. The van der Waals surface area contributed by atoms with E-state index in [2.05, 4.69) is 16.5 Å². The van der Waals surface area contributed by atoms with E-state index in [1.165, 1.54) is 0 Å². The first-order valence-corrected chi connectivity index (χ1v) is 7.56. The van der Waals surface area contributed by atoms with Gasteiger partial charge in [-0.3, -0.25) is 4.21 Å². The smallest absolute Gasteiger partial charge is 0.108 e. The number of aromatic nitrogens is 2. The molecule has 3 nitrogen and oxygen atoms in total. The van der Waals surface area contributed by atoms with Gasteiger partial charge in [0, 0.05) is 36.0 Å². The molecule has 0 saturated heterocycles. The molecular weight excluding hydrogens is 244 g/mol. The molecule has 0 fully saturated rings. The predicted octanol–water partition coefficient (Wildman–Crippen LogP) is 2.64. The lowest BCUT2D eigenvalue weighted by atomic mass is 10.3. The topological polar surface area (TPSA) is 34.9 Å². The Morgan fingerprint density at radius 3 is 2.78 bits per heavy atom. The van der Waals surface area contributed by atoms with Crippen LogP contribution in [0.3, 0.4) is 0 Å². The van der Waals surface area contributed by atoms with Crippen molar-refractivity contribution in [1.29, 1.82) is 0 Å². The van der Waals surface area contributed by atoms with Crippen molar-refractivity contribution in [3.63, 3.8) is 0 Å². The highest BCUT2D eigenvalue weighted by atomic mass is 32.2. The number of rotatable bonds is 6. The summed E-state index contributed by atoms with van der Waals surface area (Å²) in [5, 5.41) is 0. The summed E-state index contributed by atoms with van der Waals surface area (Å²) in [5.41, 5.74) is 0. The Hall–Kier alpha value is -1.42. The fourth-order valence-electron chi connectivity index (χ4n) is 1.87. The van der Waals surface area contributed by atoms with E-state index in [0.717, 1.165) is 30.1 Å². The number of aryl methyl sites for hydroxylation is 2. The summed E-state index contributed by atoms with van der Waals surface area (Å²) in [6.45, 7) is 2.90. The highest BCUT2D eigenvalue weighted by Crippen LogP contribution is 2.07. The molecule has 2 rings (SSSR count). The van der Waals surface area contributed by atoms with E-state index < -0.39 is 10.8 Å². The molecule has 0 aliphatic rings. The van der Waals surface area contributed by atoms with E-state index in [-0.39, 0.29) is 0 Å². The Kier molecular flexibility index (Phi) is 4.70. The van der Waals surface area contributed by atoms with Gasteiger partial charge >= 0.3 is 0 Å². The minimum absolute atomic E-state index is 0.636. The first-order valence-electron chi connectivity index (χ1n) is 6.24. The van der Waals surface area contributed by atoms with E-state index in [1.54, 1.807) is 0 Å². The van der Waals surface area contributed by atoms with Crippen LogP contribution in [-0.4, -0.2) is 19.5 Å². The Balaban J connectivity index is 1.95. The lowest BCUT2D eigenvalue weighted by Crippen LogP contribution is -2.10. The fourth-order valence-corrected chi connectivity index (χ4v) is 2.93. The van der Waals surface area contributed by atoms with Crippen LogP contribution < -0.4 is 0 Å². The van der Waals surface area contributed by atoms with E-state index >= 15 is 0 Å². The number of benzene rings is 1. The van der Waals surface area contributed by atoms with E-state index in [1.807, 2.05) is 42.7 Å². The second-order valence-corrected chi connectivity index (χ2v) is 5.72. The average Bonchev–Trinajstić information content (AvgIpc) is 2.85. The summed E-state index contributed by atoms with van der Waals surface area (Å²) in [6, 6.07) is 9.61. The molecule has 2 aromatic rings. The van der Waals surface area contributed by atoms with Crippen LogP contribution in [0.5, 0.6) is 0 Å². The number of imidazole rings is 1. The van der Waals surface area contributed by atoms with E-state index in [0.29, 0.717) is 5.75 Å². The summed E-state index contributed by atoms with van der Waals surface area (Å²) in [7, 11) is -0.929. The molecule has 0 amide bonds. The molecule has 1 aromatic heterocycles. The van der Waals surface area contributed by atoms with Gasteiger partial charge in [-0.2, -0.15) is 0 Å². The molecule has 0 spiro atoms. The van der Waals surface area contributed by atoms with Gasteiger partial charge in [0.2, 0.25) is 0 Å². The van der Waals surface area contributed by atoms with Crippen LogP contribution in [0.15, 0.2) is 47.6 Å². The minimum Gasteiger partial charge on any atom is -0.334 e. The molecule has 18 heavy (non-hydrogen) atoms. The number of hydrogen-bond acceptors (Lipinski definition) is 2. The first kappa shape index (κ1) is 13.0. The Bertz CT molecular complexity index is 508. The van der Waals surface area contributed by atoms with Gasteiger partial charge in [0.15, 0.2) is 0 Å². The molecule has 0 unspecified atom stereocenters. The molecule has 0 saturated carbocycles. The van der Waals surface area contributed by atoms with Crippen molar-refractivity contribution < 1.29 is 4.21 Å². The molecule has 1 atom stereocenters. The third-order valence-electron chi connectivity index (χ3n) is 2.80. The molecule has 4 heteroatoms. The Morgan fingerprint density at radius 2 is 2.06 bits per heavy atom. The van der Waals surface area contributed by atoms with Gasteiger partial charge in [-0.25, -0.2) is 4.98 Å². The van der Waals surface area contributed by atoms with Crippen LogP contribution in [-0.2, 0) is 23.8 Å². The van der Waals surface area contributed by atoms with Crippen molar-refractivity contribution in [2.75, 3.05) is 5.75 Å². The molecule has 0 bridgehead atoms. The third-order valence-corrected chi connectivity index (χ3v) is 4.15. The molecule has 1 heterocycles. The van der Waals surface area contributed by atoms with Gasteiger partial charge in [-0.05, 0) is 18.6 Å². The van der Waals surface area contributed by atoms with Crippen molar-refractivity contribution in [2.45, 2.75) is 31.2 Å². The largest absolute Gasteiger partial charge is 0.334 e. The van der Waals surface area contributed by atoms with Crippen LogP contribution in [0.4, 0.5) is 0 Å². The maximum absolute atomic E-state index is 12.1. The van der Waals surface area contributed by atoms with Gasteiger partial charge in [0.1, 0.15) is 5.82 Å². The molecular formula is C14H18N2OS. The zero-order valence-electron chi connectivity index (χ0n) is 10.6. The fraction of sp³-hybridized carbons (Fsp3) is 0.357. The average molecular weight is 262 g/mol. The molecule has 0 aliphatic carbocycles. The van der Waals surface area contributed by atoms with Crippen LogP contribution in [0.2, 0.25) is 0 Å². The predicted molar refractivity (Wildman–Crippen MR) is 73.9 cm³/mol. The Morgan fingerprint density at radius 1 is 1.28 bits per heavy atom. The number of nitrogens with zero attached hydrogens (tertiary/aromatic N) is 2.